The Morgan fingerprint density at radius 1 is 1.06 bits per heavy atom. The summed E-state index contributed by atoms with van der Waals surface area (Å²) in [7, 11) is -3.36. The maximum Gasteiger partial charge on any atom is 0.251 e. The highest BCUT2D eigenvalue weighted by molar-refractivity contribution is 7.92. The zero-order valence-electron chi connectivity index (χ0n) is 17.1. The van der Waals surface area contributed by atoms with Crippen LogP contribution in [0, 0.1) is 0 Å². The van der Waals surface area contributed by atoms with Gasteiger partial charge in [0.2, 0.25) is 10.0 Å². The Kier molecular flexibility index (Phi) is 9.45. The van der Waals surface area contributed by atoms with E-state index >= 15 is 0 Å². The van der Waals surface area contributed by atoms with Crippen molar-refractivity contribution >= 4 is 57.2 Å². The summed E-state index contributed by atoms with van der Waals surface area (Å²) >= 11 is 12.3. The van der Waals surface area contributed by atoms with Gasteiger partial charge < -0.3 is 10.2 Å². The highest BCUT2D eigenvalue weighted by Gasteiger charge is 2.21. The lowest BCUT2D eigenvalue weighted by Crippen LogP contribution is -2.34. The normalized spacial score (nSPS) is 15.2. The molecule has 3 rings (SSSR count). The number of benzene rings is 2. The summed E-state index contributed by atoms with van der Waals surface area (Å²) in [6, 6.07) is 11.9. The molecule has 0 saturated carbocycles. The van der Waals surface area contributed by atoms with Crippen molar-refractivity contribution in [3.05, 3.63) is 63.6 Å². The molecular formula is C21H26Cl3N3O3S. The third-order valence-corrected chi connectivity index (χ3v) is 6.40. The molecule has 1 amide bonds. The van der Waals surface area contributed by atoms with Crippen LogP contribution < -0.4 is 10.0 Å². The number of nitrogens with one attached hydrogen (secondary N) is 2. The molecule has 0 spiro atoms. The maximum absolute atomic E-state index is 12.6. The van der Waals surface area contributed by atoms with Crippen molar-refractivity contribution in [3.8, 4) is 0 Å². The van der Waals surface area contributed by atoms with Crippen LogP contribution in [0.2, 0.25) is 10.0 Å². The van der Waals surface area contributed by atoms with E-state index in [1.54, 1.807) is 30.3 Å². The minimum Gasteiger partial charge on any atom is -0.351 e. The van der Waals surface area contributed by atoms with Gasteiger partial charge in [0.05, 0.1) is 16.3 Å². The Bertz CT molecular complexity index is 995. The highest BCUT2D eigenvalue weighted by Crippen LogP contribution is 2.27. The van der Waals surface area contributed by atoms with E-state index in [1.165, 1.54) is 12.8 Å². The monoisotopic (exact) mass is 505 g/mol. The minimum atomic E-state index is -3.36. The SMILES string of the molecule is CS(=O)(=O)Nc1ccc(C(=O)NCC(CN2CCCC2)c2ccc(Cl)c(Cl)c2)cc1.Cl. The lowest BCUT2D eigenvalue weighted by molar-refractivity contribution is 0.0949. The van der Waals surface area contributed by atoms with E-state index in [4.69, 9.17) is 23.2 Å². The molecule has 2 N–H and O–H groups in total. The maximum atomic E-state index is 12.6. The van der Waals surface area contributed by atoms with E-state index in [1.807, 2.05) is 12.1 Å². The number of nitrogens with zero attached hydrogens (tertiary/aromatic N) is 1. The van der Waals surface area contributed by atoms with Crippen LogP contribution in [0.25, 0.3) is 0 Å². The third-order valence-electron chi connectivity index (χ3n) is 5.05. The predicted molar refractivity (Wildman–Crippen MR) is 129 cm³/mol. The van der Waals surface area contributed by atoms with E-state index in [9.17, 15) is 13.2 Å². The summed E-state index contributed by atoms with van der Waals surface area (Å²) in [5.41, 5.74) is 1.91. The second kappa shape index (κ2) is 11.4. The molecule has 31 heavy (non-hydrogen) atoms. The van der Waals surface area contributed by atoms with Gasteiger partial charge in [-0.2, -0.15) is 0 Å². The summed E-state index contributed by atoms with van der Waals surface area (Å²) in [5, 5.41) is 4.00. The topological polar surface area (TPSA) is 78.5 Å². The molecule has 6 nitrogen and oxygen atoms in total. The van der Waals surface area contributed by atoms with Crippen molar-refractivity contribution in [2.75, 3.05) is 37.2 Å². The smallest absolute Gasteiger partial charge is 0.251 e. The van der Waals surface area contributed by atoms with Crippen molar-refractivity contribution in [2.24, 2.45) is 0 Å². The molecule has 1 fully saturated rings. The molecule has 1 atom stereocenters. The van der Waals surface area contributed by atoms with Gasteiger partial charge in [-0.15, -0.1) is 12.4 Å². The molecule has 0 aromatic heterocycles. The van der Waals surface area contributed by atoms with Crippen molar-refractivity contribution in [2.45, 2.75) is 18.8 Å². The van der Waals surface area contributed by atoms with Crippen LogP contribution in [0.4, 0.5) is 5.69 Å². The first-order valence-corrected chi connectivity index (χ1v) is 12.4. The molecule has 2 aromatic carbocycles. The molecule has 0 radical (unpaired) electrons. The quantitative estimate of drug-likeness (QED) is 0.556. The van der Waals surface area contributed by atoms with E-state index in [-0.39, 0.29) is 24.2 Å². The van der Waals surface area contributed by atoms with Gasteiger partial charge in [0.15, 0.2) is 0 Å². The number of sulfonamides is 1. The number of likely N-dealkylation sites (tertiary alicyclic amines) is 1. The van der Waals surface area contributed by atoms with E-state index in [2.05, 4.69) is 14.9 Å². The predicted octanol–water partition coefficient (Wildman–Crippen LogP) is 4.40. The van der Waals surface area contributed by atoms with Gasteiger partial charge in [0.1, 0.15) is 0 Å². The van der Waals surface area contributed by atoms with E-state index < -0.39 is 10.0 Å². The number of rotatable bonds is 8. The molecule has 1 saturated heterocycles. The molecule has 1 aliphatic rings. The van der Waals surface area contributed by atoms with Crippen LogP contribution in [-0.4, -0.2) is 51.7 Å². The molecule has 1 aliphatic heterocycles. The minimum absolute atomic E-state index is 0. The molecule has 1 heterocycles. The second-order valence-corrected chi connectivity index (χ2v) is 10.1. The molecule has 1 unspecified atom stereocenters. The lowest BCUT2D eigenvalue weighted by Gasteiger charge is -2.24. The van der Waals surface area contributed by atoms with Gasteiger partial charge in [-0.25, -0.2) is 8.42 Å². The van der Waals surface area contributed by atoms with Gasteiger partial charge in [-0.3, -0.25) is 9.52 Å². The first-order valence-electron chi connectivity index (χ1n) is 9.74. The van der Waals surface area contributed by atoms with Crippen LogP contribution in [0.1, 0.15) is 34.7 Å². The third kappa shape index (κ3) is 7.84. The molecule has 10 heteroatoms. The molecule has 0 aliphatic carbocycles. The number of halogens is 3. The molecule has 0 bridgehead atoms. The first-order chi connectivity index (χ1) is 14.2. The number of hydrogen-bond donors (Lipinski definition) is 2. The fourth-order valence-corrected chi connectivity index (χ4v) is 4.42. The summed E-state index contributed by atoms with van der Waals surface area (Å²) in [6.07, 6.45) is 3.46. The second-order valence-electron chi connectivity index (χ2n) is 7.54. The van der Waals surface area contributed by atoms with Crippen LogP contribution in [0.15, 0.2) is 42.5 Å². The van der Waals surface area contributed by atoms with Crippen molar-refractivity contribution < 1.29 is 13.2 Å². The largest absolute Gasteiger partial charge is 0.351 e. The van der Waals surface area contributed by atoms with Crippen molar-refractivity contribution in [3.63, 3.8) is 0 Å². The van der Waals surface area contributed by atoms with Gasteiger partial charge in [-0.1, -0.05) is 29.3 Å². The number of amides is 1. The van der Waals surface area contributed by atoms with Gasteiger partial charge >= 0.3 is 0 Å². The van der Waals surface area contributed by atoms with Gasteiger partial charge in [0, 0.05) is 30.3 Å². The summed E-state index contributed by atoms with van der Waals surface area (Å²) in [5.74, 6) is -0.139. The van der Waals surface area contributed by atoms with Crippen LogP contribution >= 0.6 is 35.6 Å². The number of carbonyl (C=O) groups excluding carboxylic acids is 1. The van der Waals surface area contributed by atoms with Crippen molar-refractivity contribution in [1.82, 2.24) is 10.2 Å². The zero-order chi connectivity index (χ0) is 21.7. The fraction of sp³-hybridized carbons (Fsp3) is 0.381. The molecule has 170 valence electrons. The first kappa shape index (κ1) is 25.7. The van der Waals surface area contributed by atoms with Crippen molar-refractivity contribution in [1.29, 1.82) is 0 Å². The number of carbonyl (C=O) groups is 1. The number of anilines is 1. The van der Waals surface area contributed by atoms with Crippen LogP contribution in [0.5, 0.6) is 0 Å². The molecule has 2 aromatic rings. The van der Waals surface area contributed by atoms with Crippen LogP contribution in [-0.2, 0) is 10.0 Å². The van der Waals surface area contributed by atoms with E-state index in [0.717, 1.165) is 31.5 Å². The summed E-state index contributed by atoms with van der Waals surface area (Å²) in [4.78, 5) is 15.0. The van der Waals surface area contributed by atoms with Gasteiger partial charge in [-0.05, 0) is 67.9 Å². The van der Waals surface area contributed by atoms with Crippen LogP contribution in [0.3, 0.4) is 0 Å². The Morgan fingerprint density at radius 2 is 1.71 bits per heavy atom. The van der Waals surface area contributed by atoms with Gasteiger partial charge in [0.25, 0.3) is 5.91 Å². The zero-order valence-corrected chi connectivity index (χ0v) is 20.3. The fourth-order valence-electron chi connectivity index (χ4n) is 3.55. The Morgan fingerprint density at radius 3 is 2.29 bits per heavy atom. The average molecular weight is 507 g/mol. The standard InChI is InChI=1S/C21H25Cl2N3O3S.ClH/c1-30(28,29)25-18-7-4-15(5-8-18)21(27)24-13-17(14-26-10-2-3-11-26)16-6-9-19(22)20(23)12-16;/h4-9,12,17,25H,2-3,10-11,13-14H2,1H3,(H,24,27);1H. The lowest BCUT2D eigenvalue weighted by atomic mass is 9.98. The Labute approximate surface area is 199 Å². The highest BCUT2D eigenvalue weighted by atomic mass is 35.5. The molecular weight excluding hydrogens is 481 g/mol. The Hall–Kier alpha value is -1.51. The Balaban J connectivity index is 0.00000341. The van der Waals surface area contributed by atoms with E-state index in [0.29, 0.717) is 27.8 Å². The average Bonchev–Trinajstić information content (AvgIpc) is 3.19. The summed E-state index contributed by atoms with van der Waals surface area (Å²) in [6.45, 7) is 3.40. The number of hydrogen-bond acceptors (Lipinski definition) is 4. The summed E-state index contributed by atoms with van der Waals surface area (Å²) < 4.78 is 25.0.